The zero-order valence-electron chi connectivity index (χ0n) is 13.8. The summed E-state index contributed by atoms with van der Waals surface area (Å²) in [4.78, 5) is 12.5. The van der Waals surface area contributed by atoms with Gasteiger partial charge in [-0.3, -0.25) is 14.5 Å². The van der Waals surface area contributed by atoms with E-state index < -0.39 is 0 Å². The molecule has 0 aliphatic carbocycles. The van der Waals surface area contributed by atoms with Crippen molar-refractivity contribution in [2.24, 2.45) is 0 Å². The van der Waals surface area contributed by atoms with Crippen LogP contribution in [-0.2, 0) is 11.3 Å². The number of hydrogen-bond acceptors (Lipinski definition) is 3. The third-order valence-corrected chi connectivity index (χ3v) is 4.64. The molecule has 0 saturated heterocycles. The maximum Gasteiger partial charge on any atom is 0.244 e. The number of benzene rings is 2. The largest absolute Gasteiger partial charge is 0.324 e. The summed E-state index contributed by atoms with van der Waals surface area (Å²) in [6.45, 7) is 4.06. The van der Waals surface area contributed by atoms with Crippen LogP contribution in [0.15, 0.2) is 46.9 Å². The summed E-state index contributed by atoms with van der Waals surface area (Å²) < 4.78 is 3.09. The minimum Gasteiger partial charge on any atom is -0.324 e. The van der Waals surface area contributed by atoms with E-state index in [4.69, 9.17) is 12.2 Å². The van der Waals surface area contributed by atoms with E-state index in [1.54, 1.807) is 4.57 Å². The monoisotopic (exact) mass is 416 g/mol. The molecule has 0 bridgehead atoms. The maximum atomic E-state index is 12.5. The number of carbonyl (C=O) groups is 1. The van der Waals surface area contributed by atoms with E-state index in [-0.39, 0.29) is 12.5 Å². The highest BCUT2D eigenvalue weighted by molar-refractivity contribution is 9.10. The van der Waals surface area contributed by atoms with Crippen molar-refractivity contribution < 1.29 is 4.79 Å². The van der Waals surface area contributed by atoms with Crippen molar-refractivity contribution in [2.45, 2.75) is 20.4 Å². The number of aromatic amines is 1. The van der Waals surface area contributed by atoms with Crippen molar-refractivity contribution in [3.63, 3.8) is 0 Å². The summed E-state index contributed by atoms with van der Waals surface area (Å²) in [6.07, 6.45) is 0. The first-order chi connectivity index (χ1) is 11.9. The predicted octanol–water partition coefficient (Wildman–Crippen LogP) is 4.63. The smallest absolute Gasteiger partial charge is 0.244 e. The number of aryl methyl sites for hydroxylation is 2. The number of nitrogens with one attached hydrogen (secondary N) is 2. The molecule has 0 radical (unpaired) electrons. The number of anilines is 1. The normalized spacial score (nSPS) is 10.7. The molecular formula is C18H17BrN4OS. The summed E-state index contributed by atoms with van der Waals surface area (Å²) in [6, 6.07) is 13.7. The molecule has 3 aromatic rings. The standard InChI is InChI=1S/C18H17BrN4OS/c1-11-3-5-13(6-4-11)17-21-22-18(25)23(17)10-16(24)20-15-8-7-14(19)9-12(15)2/h3-9H,10H2,1-2H3,(H,20,24)(H,22,25). The Morgan fingerprint density at radius 3 is 2.64 bits per heavy atom. The highest BCUT2D eigenvalue weighted by Crippen LogP contribution is 2.21. The van der Waals surface area contributed by atoms with Gasteiger partial charge in [-0.05, 0) is 49.8 Å². The molecule has 1 amide bonds. The van der Waals surface area contributed by atoms with Crippen LogP contribution >= 0.6 is 28.1 Å². The minimum absolute atomic E-state index is 0.0913. The van der Waals surface area contributed by atoms with Crippen LogP contribution < -0.4 is 5.32 Å². The predicted molar refractivity (Wildman–Crippen MR) is 105 cm³/mol. The summed E-state index contributed by atoms with van der Waals surface area (Å²) in [7, 11) is 0. The Bertz CT molecular complexity index is 975. The Morgan fingerprint density at radius 2 is 1.96 bits per heavy atom. The summed E-state index contributed by atoms with van der Waals surface area (Å²) >= 11 is 8.70. The Hall–Kier alpha value is -2.25. The Morgan fingerprint density at radius 1 is 1.24 bits per heavy atom. The van der Waals surface area contributed by atoms with Gasteiger partial charge in [0.2, 0.25) is 5.91 Å². The van der Waals surface area contributed by atoms with Crippen LogP contribution in [-0.4, -0.2) is 20.7 Å². The Balaban J connectivity index is 1.83. The first-order valence-corrected chi connectivity index (χ1v) is 8.92. The number of halogens is 1. The molecule has 0 aliphatic heterocycles. The Labute approximate surface area is 159 Å². The van der Waals surface area contributed by atoms with Crippen LogP contribution in [0.25, 0.3) is 11.4 Å². The van der Waals surface area contributed by atoms with E-state index in [9.17, 15) is 4.79 Å². The van der Waals surface area contributed by atoms with Crippen molar-refractivity contribution >= 4 is 39.7 Å². The summed E-state index contributed by atoms with van der Waals surface area (Å²) in [5, 5.41) is 9.95. The highest BCUT2D eigenvalue weighted by atomic mass is 79.9. The maximum absolute atomic E-state index is 12.5. The molecule has 2 N–H and O–H groups in total. The first kappa shape index (κ1) is 17.6. The SMILES string of the molecule is Cc1ccc(-c2n[nH]c(=S)n2CC(=O)Nc2ccc(Br)cc2C)cc1. The van der Waals surface area contributed by atoms with E-state index >= 15 is 0 Å². The second kappa shape index (κ2) is 7.33. The van der Waals surface area contributed by atoms with Crippen molar-refractivity contribution in [2.75, 3.05) is 5.32 Å². The molecule has 3 rings (SSSR count). The first-order valence-electron chi connectivity index (χ1n) is 7.72. The minimum atomic E-state index is -0.156. The van der Waals surface area contributed by atoms with Gasteiger partial charge < -0.3 is 5.32 Å². The molecule has 1 aromatic heterocycles. The van der Waals surface area contributed by atoms with Crippen molar-refractivity contribution in [1.82, 2.24) is 14.8 Å². The molecule has 7 heteroatoms. The average Bonchev–Trinajstić information content (AvgIpc) is 2.92. The number of rotatable bonds is 4. The lowest BCUT2D eigenvalue weighted by molar-refractivity contribution is -0.116. The summed E-state index contributed by atoms with van der Waals surface area (Å²) in [5.41, 5.74) is 3.83. The van der Waals surface area contributed by atoms with Gasteiger partial charge in [0, 0.05) is 15.7 Å². The second-order valence-corrected chi connectivity index (χ2v) is 7.11. The van der Waals surface area contributed by atoms with E-state index in [0.717, 1.165) is 26.9 Å². The lowest BCUT2D eigenvalue weighted by Crippen LogP contribution is -2.20. The topological polar surface area (TPSA) is 62.7 Å². The van der Waals surface area contributed by atoms with Crippen LogP contribution in [0.1, 0.15) is 11.1 Å². The highest BCUT2D eigenvalue weighted by Gasteiger charge is 2.13. The van der Waals surface area contributed by atoms with Crippen LogP contribution in [0.2, 0.25) is 0 Å². The number of amides is 1. The zero-order valence-corrected chi connectivity index (χ0v) is 16.2. The van der Waals surface area contributed by atoms with Gasteiger partial charge in [-0.15, -0.1) is 0 Å². The molecule has 0 fully saturated rings. The van der Waals surface area contributed by atoms with Crippen LogP contribution in [0.3, 0.4) is 0 Å². The molecule has 0 aliphatic rings. The van der Waals surface area contributed by atoms with E-state index in [2.05, 4.69) is 31.4 Å². The lowest BCUT2D eigenvalue weighted by Gasteiger charge is -2.10. The molecule has 128 valence electrons. The van der Waals surface area contributed by atoms with Gasteiger partial charge in [-0.1, -0.05) is 45.8 Å². The zero-order chi connectivity index (χ0) is 18.0. The fraction of sp³-hybridized carbons (Fsp3) is 0.167. The van der Waals surface area contributed by atoms with Crippen LogP contribution in [0.4, 0.5) is 5.69 Å². The molecular weight excluding hydrogens is 400 g/mol. The van der Waals surface area contributed by atoms with Gasteiger partial charge in [0.05, 0.1) is 0 Å². The number of carbonyl (C=O) groups excluding carboxylic acids is 1. The summed E-state index contributed by atoms with van der Waals surface area (Å²) in [5.74, 6) is 0.490. The Kier molecular flexibility index (Phi) is 5.15. The van der Waals surface area contributed by atoms with Gasteiger partial charge >= 0.3 is 0 Å². The lowest BCUT2D eigenvalue weighted by atomic mass is 10.1. The van der Waals surface area contributed by atoms with Crippen molar-refractivity contribution in [1.29, 1.82) is 0 Å². The molecule has 0 spiro atoms. The van der Waals surface area contributed by atoms with Crippen molar-refractivity contribution in [3.8, 4) is 11.4 Å². The van der Waals surface area contributed by atoms with Gasteiger partial charge in [0.25, 0.3) is 0 Å². The van der Waals surface area contributed by atoms with Gasteiger partial charge in [0.15, 0.2) is 10.6 Å². The van der Waals surface area contributed by atoms with E-state index in [0.29, 0.717) is 10.6 Å². The van der Waals surface area contributed by atoms with E-state index in [1.165, 1.54) is 0 Å². The molecule has 1 heterocycles. The number of H-pyrrole nitrogens is 1. The molecule has 25 heavy (non-hydrogen) atoms. The van der Waals surface area contributed by atoms with Crippen LogP contribution in [0.5, 0.6) is 0 Å². The third kappa shape index (κ3) is 4.05. The van der Waals surface area contributed by atoms with Gasteiger partial charge in [-0.2, -0.15) is 5.10 Å². The molecule has 2 aromatic carbocycles. The quantitative estimate of drug-likeness (QED) is 0.609. The number of aromatic nitrogens is 3. The average molecular weight is 417 g/mol. The number of hydrogen-bond donors (Lipinski definition) is 2. The van der Waals surface area contributed by atoms with Crippen molar-refractivity contribution in [3.05, 3.63) is 62.8 Å². The van der Waals surface area contributed by atoms with Gasteiger partial charge in [-0.25, -0.2) is 0 Å². The molecule has 5 nitrogen and oxygen atoms in total. The van der Waals surface area contributed by atoms with E-state index in [1.807, 2.05) is 56.3 Å². The fourth-order valence-corrected chi connectivity index (χ4v) is 3.16. The van der Waals surface area contributed by atoms with Gasteiger partial charge in [0.1, 0.15) is 6.54 Å². The van der Waals surface area contributed by atoms with Crippen LogP contribution in [0, 0.1) is 18.6 Å². The fourth-order valence-electron chi connectivity index (χ4n) is 2.49. The molecule has 0 unspecified atom stereocenters. The third-order valence-electron chi connectivity index (χ3n) is 3.83. The second-order valence-electron chi connectivity index (χ2n) is 5.81. The molecule has 0 saturated carbocycles. The molecule has 0 atom stereocenters. The number of nitrogens with zero attached hydrogens (tertiary/aromatic N) is 2.